The van der Waals surface area contributed by atoms with Crippen molar-refractivity contribution in [1.82, 2.24) is 19.3 Å². The zero-order valence-electron chi connectivity index (χ0n) is 12.7. The molecule has 1 atom stereocenters. The van der Waals surface area contributed by atoms with Gasteiger partial charge in [-0.2, -0.15) is 0 Å². The summed E-state index contributed by atoms with van der Waals surface area (Å²) in [5, 5.41) is 10.4. The molecule has 0 bridgehead atoms. The molecule has 1 saturated heterocycles. The van der Waals surface area contributed by atoms with Crippen LogP contribution in [0.2, 0.25) is 0 Å². The van der Waals surface area contributed by atoms with Crippen LogP contribution in [0, 0.1) is 0 Å². The van der Waals surface area contributed by atoms with Crippen LogP contribution in [0.3, 0.4) is 0 Å². The number of ketones is 1. The van der Waals surface area contributed by atoms with Crippen molar-refractivity contribution in [2.75, 3.05) is 45.8 Å². The Morgan fingerprint density at radius 3 is 2.00 bits per heavy atom. The number of nitrogens with one attached hydrogen (secondary N) is 3. The summed E-state index contributed by atoms with van der Waals surface area (Å²) in [4.78, 5) is 11.8. The standard InChI is InChI=1S/C14H29N4O.Ti/c1-13(19)14-5-12-17-9-3-8-15-6-2-7-16-10-4-11-18-14;/h14-17H,2-12H2,1H3;/q-1;+1. The van der Waals surface area contributed by atoms with E-state index in [1.807, 2.05) is 0 Å². The van der Waals surface area contributed by atoms with Crippen molar-refractivity contribution in [3.8, 4) is 0 Å². The fraction of sp³-hybridized carbons (Fsp3) is 0.929. The van der Waals surface area contributed by atoms with E-state index in [9.17, 15) is 4.79 Å². The van der Waals surface area contributed by atoms with Crippen LogP contribution < -0.4 is 16.0 Å². The number of nitrogens with zero attached hydrogens (tertiary/aromatic N) is 1. The van der Waals surface area contributed by atoms with Crippen LogP contribution >= 0.6 is 0 Å². The first-order chi connectivity index (χ1) is 9.72. The van der Waals surface area contributed by atoms with Crippen LogP contribution in [-0.4, -0.2) is 61.0 Å². The first-order valence-corrected chi connectivity index (χ1v) is 8.52. The fourth-order valence-electron chi connectivity index (χ4n) is 2.40. The van der Waals surface area contributed by atoms with Gasteiger partial charge in [0.05, 0.1) is 0 Å². The molecule has 20 heavy (non-hydrogen) atoms. The number of carbonyl (C=O) groups excluding carboxylic acids is 1. The molecule has 0 amide bonds. The van der Waals surface area contributed by atoms with Crippen LogP contribution in [0.1, 0.15) is 32.6 Å². The quantitative estimate of drug-likeness (QED) is 0.597. The molecule has 115 valence electrons. The molecule has 1 unspecified atom stereocenters. The second kappa shape index (κ2) is 11.8. The molecule has 1 rings (SSSR count). The summed E-state index contributed by atoms with van der Waals surface area (Å²) in [5.74, 6) is 0.282. The van der Waals surface area contributed by atoms with Crippen molar-refractivity contribution < 1.29 is 25.5 Å². The van der Waals surface area contributed by atoms with E-state index < -0.39 is 0 Å². The van der Waals surface area contributed by atoms with Gasteiger partial charge in [-0.3, -0.25) is 0 Å². The minimum atomic E-state index is 0.0635. The number of hydrogen-bond donors (Lipinski definition) is 3. The number of Topliss-reactive ketones (excluding diaryl/α,β-unsaturated/α-hetero) is 1. The number of rotatable bonds is 1. The van der Waals surface area contributed by atoms with Crippen LogP contribution in [0.15, 0.2) is 0 Å². The third-order valence-corrected chi connectivity index (χ3v) is 4.44. The van der Waals surface area contributed by atoms with Gasteiger partial charge < -0.3 is 0 Å². The average Bonchev–Trinajstić information content (AvgIpc) is 2.41. The van der Waals surface area contributed by atoms with Crippen LogP contribution in [-0.2, 0) is 25.5 Å². The van der Waals surface area contributed by atoms with Gasteiger partial charge in [-0.05, 0) is 0 Å². The molecule has 0 aromatic heterocycles. The third kappa shape index (κ3) is 8.50. The van der Waals surface area contributed by atoms with Gasteiger partial charge in [-0.1, -0.05) is 0 Å². The van der Waals surface area contributed by atoms with E-state index in [0.29, 0.717) is 0 Å². The predicted molar refractivity (Wildman–Crippen MR) is 78.3 cm³/mol. The van der Waals surface area contributed by atoms with E-state index in [1.165, 1.54) is 6.42 Å². The Bertz CT molecular complexity index is 266. The van der Waals surface area contributed by atoms with E-state index in [0.717, 1.165) is 65.1 Å². The van der Waals surface area contributed by atoms with Gasteiger partial charge in [0.1, 0.15) is 0 Å². The monoisotopic (exact) mass is 317 g/mol. The SMILES string of the molecule is CC(=O)C1CCNCCCNCCCNCCC[N]1[Ti]. The molecule has 3 N–H and O–H groups in total. The van der Waals surface area contributed by atoms with Crippen molar-refractivity contribution in [3.05, 3.63) is 0 Å². The molecular weight excluding hydrogens is 288 g/mol. The molecule has 1 heterocycles. The fourth-order valence-corrected chi connectivity index (χ4v) is 3.13. The van der Waals surface area contributed by atoms with E-state index in [4.69, 9.17) is 0 Å². The Labute approximate surface area is 135 Å². The molecule has 0 aliphatic carbocycles. The zero-order valence-corrected chi connectivity index (χ0v) is 14.3. The molecule has 0 saturated carbocycles. The molecular formula is C14H29N4OTi. The van der Waals surface area contributed by atoms with Gasteiger partial charge in [0, 0.05) is 0 Å². The maximum absolute atomic E-state index is 11.8. The Morgan fingerprint density at radius 1 is 0.950 bits per heavy atom. The Kier molecular flexibility index (Phi) is 10.8. The molecule has 6 heteroatoms. The first kappa shape index (κ1) is 18.3. The van der Waals surface area contributed by atoms with Gasteiger partial charge in [-0.15, -0.1) is 0 Å². The molecule has 0 aromatic rings. The second-order valence-corrected chi connectivity index (χ2v) is 6.32. The van der Waals surface area contributed by atoms with Crippen LogP contribution in [0.4, 0.5) is 0 Å². The summed E-state index contributed by atoms with van der Waals surface area (Å²) in [6.07, 6.45) is 4.33. The van der Waals surface area contributed by atoms with Crippen molar-refractivity contribution >= 4 is 5.78 Å². The second-order valence-electron chi connectivity index (χ2n) is 5.42. The number of hydrogen-bond acceptors (Lipinski definition) is 5. The Hall–Kier alpha value is 0.224. The molecule has 0 spiro atoms. The Morgan fingerprint density at radius 2 is 1.45 bits per heavy atom. The average molecular weight is 317 g/mol. The maximum atomic E-state index is 11.8. The van der Waals surface area contributed by atoms with Gasteiger partial charge in [0.15, 0.2) is 0 Å². The van der Waals surface area contributed by atoms with E-state index in [-0.39, 0.29) is 11.8 Å². The van der Waals surface area contributed by atoms with Crippen LogP contribution in [0.5, 0.6) is 0 Å². The predicted octanol–water partition coefficient (Wildman–Crippen LogP) is 0.0506. The zero-order chi connectivity index (χ0) is 14.6. The molecule has 0 radical (unpaired) electrons. The molecule has 1 fully saturated rings. The van der Waals surface area contributed by atoms with Crippen LogP contribution in [0.25, 0.3) is 0 Å². The summed E-state index contributed by atoms with van der Waals surface area (Å²) in [7, 11) is 0. The summed E-state index contributed by atoms with van der Waals surface area (Å²) in [5.41, 5.74) is 0. The normalized spacial score (nSPS) is 26.1. The number of carbonyl (C=O) groups is 1. The van der Waals surface area contributed by atoms with E-state index in [1.54, 1.807) is 6.92 Å². The van der Waals surface area contributed by atoms with Gasteiger partial charge in [0.2, 0.25) is 0 Å². The third-order valence-electron chi connectivity index (χ3n) is 3.61. The summed E-state index contributed by atoms with van der Waals surface area (Å²) in [6, 6.07) is 0.0635. The molecule has 0 aromatic carbocycles. The van der Waals surface area contributed by atoms with E-state index in [2.05, 4.69) is 40.0 Å². The van der Waals surface area contributed by atoms with Gasteiger partial charge in [0.25, 0.3) is 0 Å². The Balaban J connectivity index is 2.37. The first-order valence-electron chi connectivity index (χ1n) is 7.82. The molecule has 1 aliphatic heterocycles. The summed E-state index contributed by atoms with van der Waals surface area (Å²) < 4.78 is 2.21. The minimum absolute atomic E-state index is 0.0635. The van der Waals surface area contributed by atoms with Crippen molar-refractivity contribution in [3.63, 3.8) is 0 Å². The van der Waals surface area contributed by atoms with Crippen molar-refractivity contribution in [2.24, 2.45) is 0 Å². The van der Waals surface area contributed by atoms with Crippen molar-refractivity contribution in [1.29, 1.82) is 0 Å². The van der Waals surface area contributed by atoms with Crippen molar-refractivity contribution in [2.45, 2.75) is 38.6 Å². The van der Waals surface area contributed by atoms with E-state index >= 15 is 0 Å². The summed E-state index contributed by atoms with van der Waals surface area (Å²) >= 11 is 2.07. The summed E-state index contributed by atoms with van der Waals surface area (Å²) in [6.45, 7) is 8.92. The van der Waals surface area contributed by atoms with Gasteiger partial charge in [-0.25, -0.2) is 0 Å². The van der Waals surface area contributed by atoms with Gasteiger partial charge >= 0.3 is 135 Å². The molecule has 5 nitrogen and oxygen atoms in total. The molecule has 1 aliphatic rings. The topological polar surface area (TPSA) is 56.4 Å².